The van der Waals surface area contributed by atoms with Crippen LogP contribution in [0.5, 0.6) is 0 Å². The van der Waals surface area contributed by atoms with Crippen molar-refractivity contribution < 1.29 is 4.42 Å². The van der Waals surface area contributed by atoms with Gasteiger partial charge in [-0.15, -0.1) is 11.3 Å². The summed E-state index contributed by atoms with van der Waals surface area (Å²) in [6.07, 6.45) is 2.84. The van der Waals surface area contributed by atoms with E-state index in [0.29, 0.717) is 6.04 Å². The number of nitrogens with one attached hydrogen (secondary N) is 1. The summed E-state index contributed by atoms with van der Waals surface area (Å²) in [5, 5.41) is 5.44. The third kappa shape index (κ3) is 2.40. The van der Waals surface area contributed by atoms with Crippen LogP contribution in [0.2, 0.25) is 0 Å². The highest BCUT2D eigenvalue weighted by atomic mass is 32.1. The van der Waals surface area contributed by atoms with Crippen molar-refractivity contribution in [3.8, 4) is 0 Å². The molecule has 0 aliphatic carbocycles. The van der Waals surface area contributed by atoms with Gasteiger partial charge in [0, 0.05) is 18.0 Å². The number of oxazole rings is 1. The monoisotopic (exact) mass is 277 g/mol. The molecule has 0 spiro atoms. The average Bonchev–Trinajstić information content (AvgIpc) is 3.05. The van der Waals surface area contributed by atoms with E-state index < -0.39 is 0 Å². The van der Waals surface area contributed by atoms with Gasteiger partial charge in [0.25, 0.3) is 6.01 Å². The maximum absolute atomic E-state index is 5.64. The van der Waals surface area contributed by atoms with Crippen LogP contribution < -0.4 is 10.2 Å². The SMILES string of the molecule is CCNCc1coc(N2CCc3sccc3C2C)n1. The predicted molar refractivity (Wildman–Crippen MR) is 77.7 cm³/mol. The first-order valence-electron chi connectivity index (χ1n) is 6.77. The number of rotatable bonds is 4. The van der Waals surface area contributed by atoms with Crippen molar-refractivity contribution in [3.63, 3.8) is 0 Å². The van der Waals surface area contributed by atoms with Crippen LogP contribution in [0, 0.1) is 0 Å². The molecule has 0 amide bonds. The predicted octanol–water partition coefficient (Wildman–Crippen LogP) is 2.97. The molecule has 1 aliphatic rings. The van der Waals surface area contributed by atoms with Crippen LogP contribution in [-0.4, -0.2) is 18.1 Å². The Morgan fingerprint density at radius 2 is 2.47 bits per heavy atom. The summed E-state index contributed by atoms with van der Waals surface area (Å²) in [5.74, 6) is 0. The van der Waals surface area contributed by atoms with Crippen LogP contribution in [-0.2, 0) is 13.0 Å². The summed E-state index contributed by atoms with van der Waals surface area (Å²) in [6.45, 7) is 7.01. The lowest BCUT2D eigenvalue weighted by Crippen LogP contribution is -2.33. The van der Waals surface area contributed by atoms with Crippen molar-refractivity contribution in [2.75, 3.05) is 18.0 Å². The summed E-state index contributed by atoms with van der Waals surface area (Å²) >= 11 is 1.85. The van der Waals surface area contributed by atoms with E-state index in [4.69, 9.17) is 4.42 Å². The Balaban J connectivity index is 1.78. The Hall–Kier alpha value is -1.33. The summed E-state index contributed by atoms with van der Waals surface area (Å²) in [6, 6.07) is 3.32. The summed E-state index contributed by atoms with van der Waals surface area (Å²) in [7, 11) is 0. The lowest BCUT2D eigenvalue weighted by Gasteiger charge is -2.32. The molecule has 0 aromatic carbocycles. The van der Waals surface area contributed by atoms with Crippen molar-refractivity contribution in [1.29, 1.82) is 0 Å². The lowest BCUT2D eigenvalue weighted by molar-refractivity contribution is 0.497. The molecule has 1 aliphatic heterocycles. The van der Waals surface area contributed by atoms with Gasteiger partial charge >= 0.3 is 0 Å². The van der Waals surface area contributed by atoms with Crippen LogP contribution in [0.1, 0.15) is 36.0 Å². The number of fused-ring (bicyclic) bond motifs is 1. The molecule has 0 saturated heterocycles. The van der Waals surface area contributed by atoms with E-state index in [1.165, 1.54) is 10.4 Å². The number of hydrogen-bond acceptors (Lipinski definition) is 5. The molecule has 3 heterocycles. The second-order valence-corrected chi connectivity index (χ2v) is 5.82. The fourth-order valence-electron chi connectivity index (χ4n) is 2.53. The molecule has 3 rings (SSSR count). The van der Waals surface area contributed by atoms with E-state index in [9.17, 15) is 0 Å². The number of nitrogens with zero attached hydrogens (tertiary/aromatic N) is 2. The summed E-state index contributed by atoms with van der Waals surface area (Å²) in [5.41, 5.74) is 2.39. The zero-order chi connectivity index (χ0) is 13.2. The number of anilines is 1. The molecule has 4 nitrogen and oxygen atoms in total. The number of aromatic nitrogens is 1. The Morgan fingerprint density at radius 1 is 1.58 bits per heavy atom. The highest BCUT2D eigenvalue weighted by molar-refractivity contribution is 7.10. The van der Waals surface area contributed by atoms with E-state index in [-0.39, 0.29) is 0 Å². The van der Waals surface area contributed by atoms with E-state index >= 15 is 0 Å². The minimum absolute atomic E-state index is 0.348. The Kier molecular flexibility index (Phi) is 3.57. The molecule has 1 N–H and O–H groups in total. The van der Waals surface area contributed by atoms with Crippen molar-refractivity contribution in [2.24, 2.45) is 0 Å². The number of hydrogen-bond donors (Lipinski definition) is 1. The Bertz CT molecular complexity index is 548. The zero-order valence-corrected chi connectivity index (χ0v) is 12.2. The summed E-state index contributed by atoms with van der Waals surface area (Å²) < 4.78 is 5.64. The summed E-state index contributed by atoms with van der Waals surface area (Å²) in [4.78, 5) is 8.34. The van der Waals surface area contributed by atoms with Gasteiger partial charge in [-0.25, -0.2) is 0 Å². The van der Waals surface area contributed by atoms with Crippen LogP contribution in [0.4, 0.5) is 6.01 Å². The topological polar surface area (TPSA) is 41.3 Å². The second-order valence-electron chi connectivity index (χ2n) is 4.82. The molecule has 0 radical (unpaired) electrons. The van der Waals surface area contributed by atoms with Crippen molar-refractivity contribution >= 4 is 17.4 Å². The van der Waals surface area contributed by atoms with Crippen LogP contribution in [0.3, 0.4) is 0 Å². The molecule has 1 atom stereocenters. The molecular weight excluding hydrogens is 258 g/mol. The lowest BCUT2D eigenvalue weighted by atomic mass is 10.0. The molecule has 102 valence electrons. The highest BCUT2D eigenvalue weighted by Gasteiger charge is 2.27. The first-order chi connectivity index (χ1) is 9.29. The first kappa shape index (κ1) is 12.7. The first-order valence-corrected chi connectivity index (χ1v) is 7.65. The normalized spacial score (nSPS) is 18.6. The fraction of sp³-hybridized carbons (Fsp3) is 0.500. The van der Waals surface area contributed by atoms with Gasteiger partial charge in [-0.3, -0.25) is 0 Å². The van der Waals surface area contributed by atoms with Crippen LogP contribution in [0.15, 0.2) is 22.1 Å². The van der Waals surface area contributed by atoms with Gasteiger partial charge in [-0.05, 0) is 36.9 Å². The van der Waals surface area contributed by atoms with E-state index in [1.807, 2.05) is 11.3 Å². The average molecular weight is 277 g/mol. The maximum Gasteiger partial charge on any atom is 0.297 e. The van der Waals surface area contributed by atoms with Gasteiger partial charge in [0.15, 0.2) is 0 Å². The molecule has 5 heteroatoms. The molecule has 2 aromatic rings. The van der Waals surface area contributed by atoms with Crippen molar-refractivity contribution in [1.82, 2.24) is 10.3 Å². The van der Waals surface area contributed by atoms with Gasteiger partial charge in [0.05, 0.1) is 11.7 Å². The van der Waals surface area contributed by atoms with E-state index in [0.717, 1.165) is 37.8 Å². The quantitative estimate of drug-likeness (QED) is 0.933. The molecule has 2 aromatic heterocycles. The smallest absolute Gasteiger partial charge is 0.297 e. The van der Waals surface area contributed by atoms with Crippen LogP contribution in [0.25, 0.3) is 0 Å². The molecule has 0 saturated carbocycles. The molecule has 1 unspecified atom stereocenters. The Morgan fingerprint density at radius 3 is 3.32 bits per heavy atom. The van der Waals surface area contributed by atoms with Gasteiger partial charge in [0.2, 0.25) is 0 Å². The minimum Gasteiger partial charge on any atom is -0.432 e. The van der Waals surface area contributed by atoms with Crippen molar-refractivity contribution in [2.45, 2.75) is 32.9 Å². The molecule has 0 fully saturated rings. The van der Waals surface area contributed by atoms with Gasteiger partial charge in [-0.2, -0.15) is 4.98 Å². The van der Waals surface area contributed by atoms with Crippen molar-refractivity contribution in [3.05, 3.63) is 33.8 Å². The van der Waals surface area contributed by atoms with Gasteiger partial charge in [-0.1, -0.05) is 6.92 Å². The third-order valence-electron chi connectivity index (χ3n) is 3.62. The maximum atomic E-state index is 5.64. The molecule has 0 bridgehead atoms. The molecular formula is C14H19N3OS. The third-order valence-corrected chi connectivity index (χ3v) is 4.62. The van der Waals surface area contributed by atoms with Gasteiger partial charge < -0.3 is 14.6 Å². The van der Waals surface area contributed by atoms with E-state index in [1.54, 1.807) is 6.26 Å². The van der Waals surface area contributed by atoms with E-state index in [2.05, 4.69) is 40.5 Å². The standard InChI is InChI=1S/C14H19N3OS/c1-3-15-8-11-9-18-14(16-11)17-6-4-13-12(10(17)2)5-7-19-13/h5,7,9-10,15H,3-4,6,8H2,1-2H3. The second kappa shape index (κ2) is 5.35. The van der Waals surface area contributed by atoms with Crippen LogP contribution >= 0.6 is 11.3 Å². The highest BCUT2D eigenvalue weighted by Crippen LogP contribution is 2.35. The largest absolute Gasteiger partial charge is 0.432 e. The minimum atomic E-state index is 0.348. The van der Waals surface area contributed by atoms with Gasteiger partial charge in [0.1, 0.15) is 6.26 Å². The number of thiophene rings is 1. The zero-order valence-electron chi connectivity index (χ0n) is 11.3. The fourth-order valence-corrected chi connectivity index (χ4v) is 3.50. The Labute approximate surface area is 117 Å². The molecule has 19 heavy (non-hydrogen) atoms.